The lowest BCUT2D eigenvalue weighted by atomic mass is 9.75. The highest BCUT2D eigenvalue weighted by Gasteiger charge is 2.44. The maximum Gasteiger partial charge on any atom is 0.177 e. The number of hydrogen-bond acceptors (Lipinski definition) is 7. The van der Waals surface area contributed by atoms with Crippen molar-refractivity contribution in [2.24, 2.45) is 0 Å². The molecular formula is C31H38NO7+. The van der Waals surface area contributed by atoms with Gasteiger partial charge < -0.3 is 37.6 Å². The quantitative estimate of drug-likeness (QED) is 0.332. The Kier molecular flexibility index (Phi) is 7.27. The highest BCUT2D eigenvalue weighted by Crippen LogP contribution is 2.58. The minimum Gasteiger partial charge on any atom is -0.493 e. The van der Waals surface area contributed by atoms with Crippen LogP contribution >= 0.6 is 0 Å². The molecule has 0 fully saturated rings. The monoisotopic (exact) mass is 536 g/mol. The van der Waals surface area contributed by atoms with Crippen molar-refractivity contribution < 1.29 is 37.6 Å². The van der Waals surface area contributed by atoms with Crippen molar-refractivity contribution in [2.45, 2.75) is 25.5 Å². The fraction of sp³-hybridized carbons (Fsp3) is 0.419. The molecule has 8 heteroatoms. The van der Waals surface area contributed by atoms with Gasteiger partial charge in [0.05, 0.1) is 62.8 Å². The number of benzene rings is 3. The van der Waals surface area contributed by atoms with Crippen LogP contribution in [0.25, 0.3) is 11.1 Å². The maximum atomic E-state index is 6.85. The minimum atomic E-state index is 0.256. The molecule has 1 aliphatic heterocycles. The van der Waals surface area contributed by atoms with Gasteiger partial charge in [0.1, 0.15) is 11.8 Å². The SMILES string of the molecule is COCc1cc(OC)c(OC)cc1Oc1c(OC)cc2c3c1-c1c(ccc(OC)c1OC)C[C@@H]3[N+](C)(C)CC2. The van der Waals surface area contributed by atoms with Gasteiger partial charge in [-0.15, -0.1) is 0 Å². The highest BCUT2D eigenvalue weighted by atomic mass is 16.5. The largest absolute Gasteiger partial charge is 0.493 e. The second-order valence-electron chi connectivity index (χ2n) is 10.5. The second kappa shape index (κ2) is 10.5. The van der Waals surface area contributed by atoms with Crippen molar-refractivity contribution in [1.29, 1.82) is 0 Å². The summed E-state index contributed by atoms with van der Waals surface area (Å²) in [5.74, 6) is 4.41. The number of nitrogens with zero attached hydrogens (tertiary/aromatic N) is 1. The van der Waals surface area contributed by atoms with Gasteiger partial charge in [0.15, 0.2) is 34.5 Å². The van der Waals surface area contributed by atoms with Gasteiger partial charge in [-0.2, -0.15) is 0 Å². The normalized spacial score (nSPS) is 16.6. The lowest BCUT2D eigenvalue weighted by molar-refractivity contribution is -0.923. The zero-order chi connectivity index (χ0) is 27.9. The van der Waals surface area contributed by atoms with Crippen LogP contribution in [0.3, 0.4) is 0 Å². The summed E-state index contributed by atoms with van der Waals surface area (Å²) in [6.07, 6.45) is 1.83. The van der Waals surface area contributed by atoms with Gasteiger partial charge in [0.2, 0.25) is 0 Å². The van der Waals surface area contributed by atoms with Crippen molar-refractivity contribution >= 4 is 0 Å². The lowest BCUT2D eigenvalue weighted by Gasteiger charge is -2.46. The molecule has 3 aromatic carbocycles. The minimum absolute atomic E-state index is 0.256. The average Bonchev–Trinajstić information content (AvgIpc) is 2.95. The summed E-state index contributed by atoms with van der Waals surface area (Å²) in [4.78, 5) is 0. The van der Waals surface area contributed by atoms with E-state index in [1.807, 2.05) is 18.2 Å². The summed E-state index contributed by atoms with van der Waals surface area (Å²) < 4.78 is 42.1. The molecule has 0 unspecified atom stereocenters. The first-order valence-corrected chi connectivity index (χ1v) is 13.0. The van der Waals surface area contributed by atoms with Gasteiger partial charge in [-0.05, 0) is 29.3 Å². The Morgan fingerprint density at radius 2 is 1.38 bits per heavy atom. The molecule has 5 rings (SSSR count). The van der Waals surface area contributed by atoms with E-state index in [0.717, 1.165) is 40.6 Å². The molecule has 8 nitrogen and oxygen atoms in total. The van der Waals surface area contributed by atoms with Crippen molar-refractivity contribution in [1.82, 2.24) is 0 Å². The Balaban J connectivity index is 1.84. The fourth-order valence-electron chi connectivity index (χ4n) is 6.06. The first kappa shape index (κ1) is 27.0. The number of hydrogen-bond donors (Lipinski definition) is 0. The first-order valence-electron chi connectivity index (χ1n) is 13.0. The Morgan fingerprint density at radius 3 is 2.03 bits per heavy atom. The zero-order valence-electron chi connectivity index (χ0n) is 24.1. The fourth-order valence-corrected chi connectivity index (χ4v) is 6.06. The van der Waals surface area contributed by atoms with Crippen LogP contribution in [0.1, 0.15) is 28.3 Å². The van der Waals surface area contributed by atoms with Crippen LogP contribution in [0, 0.1) is 0 Å². The molecule has 3 aromatic rings. The molecule has 1 atom stereocenters. The molecule has 2 aliphatic rings. The number of fused-ring (bicyclic) bond motifs is 2. The van der Waals surface area contributed by atoms with Crippen molar-refractivity contribution in [3.05, 3.63) is 52.6 Å². The standard InChI is InChI=1S/C31H38NO7/c1-32(2)12-11-19-14-26(37-7)31(39-23-16-25(36-6)24(35-5)15-20(23)17-33-3)29-27(19)21(32)13-18-9-10-22(34-4)30(38-8)28(18)29/h9-10,14-16,21H,11-13,17H2,1-8H3/q+1/t21-/m0/s1. The molecule has 0 saturated carbocycles. The Labute approximate surface area is 230 Å². The van der Waals surface area contributed by atoms with Crippen LogP contribution in [0.15, 0.2) is 30.3 Å². The van der Waals surface area contributed by atoms with Gasteiger partial charge in [-0.3, -0.25) is 0 Å². The summed E-state index contributed by atoms with van der Waals surface area (Å²) in [6.45, 7) is 1.37. The molecule has 0 amide bonds. The molecule has 208 valence electrons. The number of rotatable bonds is 9. The van der Waals surface area contributed by atoms with Crippen molar-refractivity contribution in [2.75, 3.05) is 63.3 Å². The topological polar surface area (TPSA) is 64.6 Å². The van der Waals surface area contributed by atoms with E-state index in [-0.39, 0.29) is 6.04 Å². The summed E-state index contributed by atoms with van der Waals surface area (Å²) in [7, 11) is 14.5. The molecular weight excluding hydrogens is 498 g/mol. The van der Waals surface area contributed by atoms with Gasteiger partial charge in [-0.1, -0.05) is 6.07 Å². The van der Waals surface area contributed by atoms with Gasteiger partial charge in [0.25, 0.3) is 0 Å². The number of quaternary nitrogens is 1. The molecule has 39 heavy (non-hydrogen) atoms. The van der Waals surface area contributed by atoms with Gasteiger partial charge in [0, 0.05) is 48.3 Å². The van der Waals surface area contributed by atoms with E-state index in [1.54, 1.807) is 42.7 Å². The summed E-state index contributed by atoms with van der Waals surface area (Å²) >= 11 is 0. The Morgan fingerprint density at radius 1 is 0.692 bits per heavy atom. The third-order valence-corrected chi connectivity index (χ3v) is 8.10. The predicted molar refractivity (Wildman–Crippen MR) is 149 cm³/mol. The van der Waals surface area contributed by atoms with E-state index in [1.165, 1.54) is 16.7 Å². The maximum absolute atomic E-state index is 6.85. The molecule has 0 bridgehead atoms. The molecule has 0 spiro atoms. The van der Waals surface area contributed by atoms with Crippen molar-refractivity contribution in [3.8, 4) is 51.4 Å². The number of ether oxygens (including phenoxy) is 7. The molecule has 0 N–H and O–H groups in total. The van der Waals surface area contributed by atoms with E-state index in [9.17, 15) is 0 Å². The second-order valence-corrected chi connectivity index (χ2v) is 10.5. The van der Waals surface area contributed by atoms with Gasteiger partial charge in [-0.25, -0.2) is 0 Å². The zero-order valence-corrected chi connectivity index (χ0v) is 24.1. The third-order valence-electron chi connectivity index (χ3n) is 8.10. The Bertz CT molecular complexity index is 1400. The number of methoxy groups -OCH3 is 6. The van der Waals surface area contributed by atoms with Crippen LogP contribution in [-0.2, 0) is 24.2 Å². The van der Waals surface area contributed by atoms with Crippen LogP contribution in [-0.4, -0.2) is 67.8 Å². The number of likely N-dealkylation sites (N-methyl/N-ethyl adjacent to an activating group) is 1. The smallest absolute Gasteiger partial charge is 0.177 e. The summed E-state index contributed by atoms with van der Waals surface area (Å²) in [5.41, 5.74) is 6.52. The summed E-state index contributed by atoms with van der Waals surface area (Å²) in [5, 5.41) is 0. The lowest BCUT2D eigenvalue weighted by Crippen LogP contribution is -2.49. The van der Waals surface area contributed by atoms with Gasteiger partial charge >= 0.3 is 0 Å². The van der Waals surface area contributed by atoms with Crippen LogP contribution in [0.5, 0.6) is 40.2 Å². The van der Waals surface area contributed by atoms with Crippen LogP contribution < -0.4 is 28.4 Å². The van der Waals surface area contributed by atoms with E-state index < -0.39 is 0 Å². The summed E-state index contributed by atoms with van der Waals surface area (Å²) in [6, 6.07) is 10.2. The Hall–Kier alpha value is -3.62. The first-order chi connectivity index (χ1) is 18.8. The highest BCUT2D eigenvalue weighted by molar-refractivity contribution is 5.88. The van der Waals surface area contributed by atoms with Crippen molar-refractivity contribution in [3.63, 3.8) is 0 Å². The molecule has 0 radical (unpaired) electrons. The van der Waals surface area contributed by atoms with Crippen LogP contribution in [0.2, 0.25) is 0 Å². The van der Waals surface area contributed by atoms with E-state index in [0.29, 0.717) is 46.9 Å². The van der Waals surface area contributed by atoms with Crippen LogP contribution in [0.4, 0.5) is 0 Å². The van der Waals surface area contributed by atoms with E-state index >= 15 is 0 Å². The average molecular weight is 537 g/mol. The third kappa shape index (κ3) is 4.41. The van der Waals surface area contributed by atoms with E-state index in [2.05, 4.69) is 26.2 Å². The van der Waals surface area contributed by atoms with E-state index in [4.69, 9.17) is 33.2 Å². The molecule has 1 heterocycles. The predicted octanol–water partition coefficient (Wildman–Crippen LogP) is 5.57. The molecule has 0 aromatic heterocycles. The molecule has 0 saturated heterocycles. The molecule has 1 aliphatic carbocycles.